The van der Waals surface area contributed by atoms with Gasteiger partial charge in [0.1, 0.15) is 15.9 Å². The number of carbonyl (C=O) groups is 1. The molecule has 1 aromatic carbocycles. The van der Waals surface area contributed by atoms with E-state index < -0.39 is 5.91 Å². The van der Waals surface area contributed by atoms with Gasteiger partial charge in [0.05, 0.1) is 25.1 Å². The molecule has 9 heteroatoms. The zero-order valence-corrected chi connectivity index (χ0v) is 17.7. The van der Waals surface area contributed by atoms with Gasteiger partial charge in [-0.25, -0.2) is 0 Å². The van der Waals surface area contributed by atoms with Crippen molar-refractivity contribution in [1.29, 1.82) is 5.26 Å². The van der Waals surface area contributed by atoms with Crippen molar-refractivity contribution in [2.45, 2.75) is 0 Å². The molecule has 2 aromatic rings. The number of morpholine rings is 1. The lowest BCUT2D eigenvalue weighted by Gasteiger charge is -2.27. The van der Waals surface area contributed by atoms with E-state index in [1.54, 1.807) is 37.2 Å². The molecule has 1 fully saturated rings. The molecule has 1 aliphatic heterocycles. The molecule has 1 aliphatic rings. The van der Waals surface area contributed by atoms with Crippen molar-refractivity contribution in [3.05, 3.63) is 38.7 Å². The molecule has 0 saturated carbocycles. The van der Waals surface area contributed by atoms with E-state index in [4.69, 9.17) is 27.9 Å². The van der Waals surface area contributed by atoms with Gasteiger partial charge in [0.15, 0.2) is 0 Å². The minimum atomic E-state index is -0.421. The Kier molecular flexibility index (Phi) is 6.57. The fourth-order valence-electron chi connectivity index (χ4n) is 2.84. The van der Waals surface area contributed by atoms with Crippen LogP contribution in [0.4, 0.5) is 5.00 Å². The summed E-state index contributed by atoms with van der Waals surface area (Å²) in [5, 5.41) is 11.5. The smallest absolute Gasteiger partial charge is 0.289 e. The monoisotopic (exact) mass is 436 g/mol. The maximum absolute atomic E-state index is 12.8. The van der Waals surface area contributed by atoms with Crippen LogP contribution in [0.15, 0.2) is 23.2 Å². The highest BCUT2D eigenvalue weighted by Crippen LogP contribution is 2.45. The van der Waals surface area contributed by atoms with E-state index in [9.17, 15) is 10.1 Å². The van der Waals surface area contributed by atoms with Gasteiger partial charge >= 0.3 is 0 Å². The molecule has 0 unspecified atom stereocenters. The molecular weight excluding hydrogens is 419 g/mol. The summed E-state index contributed by atoms with van der Waals surface area (Å²) in [7, 11) is 3.56. The van der Waals surface area contributed by atoms with Crippen LogP contribution in [0.5, 0.6) is 0 Å². The molecule has 146 valence electrons. The molecule has 1 amide bonds. The maximum Gasteiger partial charge on any atom is 0.289 e. The molecular formula is C19H18Cl2N4O2S. The van der Waals surface area contributed by atoms with Crippen molar-refractivity contribution in [1.82, 2.24) is 4.90 Å². The molecule has 0 N–H and O–H groups in total. The number of rotatable bonds is 4. The van der Waals surface area contributed by atoms with E-state index in [2.05, 4.69) is 16.0 Å². The minimum absolute atomic E-state index is 0.375. The lowest BCUT2D eigenvalue weighted by Crippen LogP contribution is -2.36. The van der Waals surface area contributed by atoms with Crippen molar-refractivity contribution in [2.24, 2.45) is 4.99 Å². The summed E-state index contributed by atoms with van der Waals surface area (Å²) in [5.74, 6) is -0.421. The Balaban J connectivity index is 2.20. The van der Waals surface area contributed by atoms with Gasteiger partial charge in [-0.15, -0.1) is 11.3 Å². The Bertz CT molecular complexity index is 960. The highest BCUT2D eigenvalue weighted by atomic mass is 35.5. The van der Waals surface area contributed by atoms with Crippen LogP contribution in [0, 0.1) is 11.3 Å². The number of carbonyl (C=O) groups excluding carboxylic acids is 1. The van der Waals surface area contributed by atoms with Crippen LogP contribution in [0.1, 0.15) is 15.2 Å². The normalized spacial score (nSPS) is 14.3. The van der Waals surface area contributed by atoms with Gasteiger partial charge in [-0.3, -0.25) is 4.79 Å². The summed E-state index contributed by atoms with van der Waals surface area (Å²) in [5.41, 5.74) is 1.50. The Labute approximate surface area is 177 Å². The molecule has 6 nitrogen and oxygen atoms in total. The molecule has 1 saturated heterocycles. The van der Waals surface area contributed by atoms with Gasteiger partial charge in [-0.2, -0.15) is 10.3 Å². The van der Waals surface area contributed by atoms with Crippen molar-refractivity contribution >= 4 is 51.8 Å². The number of anilines is 1. The van der Waals surface area contributed by atoms with E-state index in [1.807, 2.05) is 0 Å². The van der Waals surface area contributed by atoms with Crippen LogP contribution < -0.4 is 4.90 Å². The zero-order valence-electron chi connectivity index (χ0n) is 15.4. The van der Waals surface area contributed by atoms with Crippen LogP contribution >= 0.6 is 34.5 Å². The molecule has 3 rings (SSSR count). The van der Waals surface area contributed by atoms with E-state index in [1.165, 1.54) is 17.7 Å². The van der Waals surface area contributed by atoms with Gasteiger partial charge in [0.25, 0.3) is 5.91 Å². The number of amides is 1. The fourth-order valence-corrected chi connectivity index (χ4v) is 4.55. The van der Waals surface area contributed by atoms with E-state index >= 15 is 0 Å². The summed E-state index contributed by atoms with van der Waals surface area (Å²) in [6.07, 6.45) is 1.44. The van der Waals surface area contributed by atoms with Crippen molar-refractivity contribution in [3.63, 3.8) is 0 Å². The molecule has 1 aromatic heterocycles. The number of thiophene rings is 1. The second kappa shape index (κ2) is 8.93. The van der Waals surface area contributed by atoms with E-state index in [-0.39, 0.29) is 0 Å². The Morgan fingerprint density at radius 2 is 2.07 bits per heavy atom. The first-order valence-electron chi connectivity index (χ1n) is 8.52. The van der Waals surface area contributed by atoms with Gasteiger partial charge in [0, 0.05) is 48.4 Å². The number of ether oxygens (including phenoxy) is 1. The molecule has 0 bridgehead atoms. The third-order valence-electron chi connectivity index (χ3n) is 4.10. The standard InChI is InChI=1S/C19H18Cl2N4O2S/c1-24(2)11-23-18(26)17-16(13-4-3-12(20)9-15(13)21)14(10-22)19(28-17)25-5-7-27-8-6-25/h3-4,9,11H,5-8H2,1-2H3/b23-11+. The predicted octanol–water partition coefficient (Wildman–Crippen LogP) is 4.16. The van der Waals surface area contributed by atoms with Gasteiger partial charge in [-0.1, -0.05) is 29.3 Å². The summed E-state index contributed by atoms with van der Waals surface area (Å²) in [6.45, 7) is 2.44. The first-order chi connectivity index (χ1) is 13.4. The summed E-state index contributed by atoms with van der Waals surface area (Å²) < 4.78 is 5.41. The van der Waals surface area contributed by atoms with E-state index in [0.29, 0.717) is 57.9 Å². The average Bonchev–Trinajstić information content (AvgIpc) is 3.06. The molecule has 0 aliphatic carbocycles. The minimum Gasteiger partial charge on any atom is -0.378 e. The number of nitrogens with zero attached hydrogens (tertiary/aromatic N) is 4. The third-order valence-corrected chi connectivity index (χ3v) is 5.89. The predicted molar refractivity (Wildman–Crippen MR) is 114 cm³/mol. The molecule has 0 atom stereocenters. The van der Waals surface area contributed by atoms with Gasteiger partial charge in [0.2, 0.25) is 0 Å². The summed E-state index contributed by atoms with van der Waals surface area (Å²) >= 11 is 13.7. The summed E-state index contributed by atoms with van der Waals surface area (Å²) in [4.78, 5) is 21.0. The summed E-state index contributed by atoms with van der Waals surface area (Å²) in [6, 6.07) is 7.28. The van der Waals surface area contributed by atoms with Crippen LogP contribution in [0.2, 0.25) is 10.0 Å². The molecule has 0 radical (unpaired) electrons. The van der Waals surface area contributed by atoms with Crippen LogP contribution in [-0.2, 0) is 4.74 Å². The fraction of sp³-hybridized carbons (Fsp3) is 0.316. The highest BCUT2D eigenvalue weighted by molar-refractivity contribution is 7.19. The topological polar surface area (TPSA) is 68.9 Å². The number of halogens is 2. The largest absolute Gasteiger partial charge is 0.378 e. The van der Waals surface area contributed by atoms with E-state index in [0.717, 1.165) is 5.00 Å². The second-order valence-electron chi connectivity index (χ2n) is 6.34. The van der Waals surface area contributed by atoms with Crippen LogP contribution in [0.3, 0.4) is 0 Å². The second-order valence-corrected chi connectivity index (χ2v) is 8.18. The Hall–Kier alpha value is -2.11. The van der Waals surface area contributed by atoms with Crippen molar-refractivity contribution in [3.8, 4) is 17.2 Å². The SMILES string of the molecule is CN(C)/C=N/C(=O)c1sc(N2CCOCC2)c(C#N)c1-c1ccc(Cl)cc1Cl. The zero-order chi connectivity index (χ0) is 20.3. The Morgan fingerprint density at radius 1 is 1.36 bits per heavy atom. The third kappa shape index (κ3) is 4.31. The molecule has 28 heavy (non-hydrogen) atoms. The van der Waals surface area contributed by atoms with Crippen LogP contribution in [0.25, 0.3) is 11.1 Å². The number of hydrogen-bond acceptors (Lipinski definition) is 5. The lowest BCUT2D eigenvalue weighted by molar-refractivity contribution is 0.101. The van der Waals surface area contributed by atoms with Crippen molar-refractivity contribution < 1.29 is 9.53 Å². The van der Waals surface area contributed by atoms with Crippen molar-refractivity contribution in [2.75, 3.05) is 45.3 Å². The van der Waals surface area contributed by atoms with Crippen LogP contribution in [-0.4, -0.2) is 57.5 Å². The number of nitriles is 1. The Morgan fingerprint density at radius 3 is 2.68 bits per heavy atom. The van der Waals surface area contributed by atoms with Gasteiger partial charge < -0.3 is 14.5 Å². The first-order valence-corrected chi connectivity index (χ1v) is 10.1. The molecule has 2 heterocycles. The average molecular weight is 437 g/mol. The lowest BCUT2D eigenvalue weighted by atomic mass is 10.0. The number of hydrogen-bond donors (Lipinski definition) is 0. The quantitative estimate of drug-likeness (QED) is 0.531. The van der Waals surface area contributed by atoms with Gasteiger partial charge in [-0.05, 0) is 12.1 Å². The number of aliphatic imine (C=N–C) groups is 1. The highest BCUT2D eigenvalue weighted by Gasteiger charge is 2.28. The first kappa shape index (κ1) is 20.6. The maximum atomic E-state index is 12.8. The molecule has 0 spiro atoms. The number of benzene rings is 1.